The molecule has 4 atom stereocenters. The Labute approximate surface area is 164 Å². The molecule has 2 unspecified atom stereocenters. The van der Waals surface area contributed by atoms with Crippen molar-refractivity contribution in [2.75, 3.05) is 6.61 Å². The molecule has 1 fully saturated rings. The van der Waals surface area contributed by atoms with Gasteiger partial charge in [0.25, 0.3) is 0 Å². The summed E-state index contributed by atoms with van der Waals surface area (Å²) in [6, 6.07) is 0. The van der Waals surface area contributed by atoms with Crippen LogP contribution < -0.4 is 0 Å². The lowest BCUT2D eigenvalue weighted by molar-refractivity contribution is -0.166. The van der Waals surface area contributed by atoms with Crippen LogP contribution in [0.15, 0.2) is 12.7 Å². The summed E-state index contributed by atoms with van der Waals surface area (Å²) in [5.41, 5.74) is 0.970. The molecule has 1 aliphatic heterocycles. The van der Waals surface area contributed by atoms with E-state index in [1.54, 1.807) is 0 Å². The van der Waals surface area contributed by atoms with Gasteiger partial charge in [-0.05, 0) is 0 Å². The third-order valence-corrected chi connectivity index (χ3v) is 4.20. The molecule has 0 radical (unpaired) electrons. The topological polar surface area (TPSA) is 152 Å². The van der Waals surface area contributed by atoms with Crippen LogP contribution in [0.5, 0.6) is 0 Å². The zero-order chi connectivity index (χ0) is 21.1. The van der Waals surface area contributed by atoms with E-state index < -0.39 is 42.4 Å². The monoisotopic (exact) mass is 408 g/mol. The number of imidazole rings is 1. The lowest BCUT2D eigenvalue weighted by atomic mass is 10.1. The number of carbonyl (C=O) groups excluding carboxylic acids is 3. The van der Waals surface area contributed by atoms with Crippen molar-refractivity contribution in [1.82, 2.24) is 19.5 Å². The van der Waals surface area contributed by atoms with Gasteiger partial charge in [-0.3, -0.25) is 19.0 Å². The largest absolute Gasteiger partial charge is 0.463 e. The molecular formula is C17H20N4O8. The van der Waals surface area contributed by atoms with Gasteiger partial charge in [-0.25, -0.2) is 15.0 Å². The number of aromatic nitrogens is 4. The van der Waals surface area contributed by atoms with E-state index in [1.807, 2.05) is 0 Å². The fourth-order valence-corrected chi connectivity index (χ4v) is 3.12. The number of hydrogen-bond acceptors (Lipinski definition) is 11. The third kappa shape index (κ3) is 4.32. The molecule has 0 amide bonds. The minimum absolute atomic E-state index is 0.217. The first kappa shape index (κ1) is 20.6. The van der Waals surface area contributed by atoms with Gasteiger partial charge in [-0.2, -0.15) is 0 Å². The molecule has 0 saturated carbocycles. The second-order valence-electron chi connectivity index (χ2n) is 6.32. The number of nitrogens with zero attached hydrogens (tertiary/aromatic N) is 4. The predicted molar refractivity (Wildman–Crippen MR) is 92.9 cm³/mol. The highest BCUT2D eigenvalue weighted by Gasteiger charge is 2.51. The maximum atomic E-state index is 11.7. The molecule has 2 aromatic rings. The Morgan fingerprint density at radius 1 is 1.07 bits per heavy atom. The maximum Gasteiger partial charge on any atom is 0.303 e. The number of aliphatic hydroxyl groups is 1. The highest BCUT2D eigenvalue weighted by atomic mass is 16.7. The van der Waals surface area contributed by atoms with E-state index in [1.165, 1.54) is 38.0 Å². The predicted octanol–water partition coefficient (Wildman–Crippen LogP) is -0.358. The first-order valence-electron chi connectivity index (χ1n) is 8.72. The van der Waals surface area contributed by atoms with Crippen LogP contribution in [0.2, 0.25) is 0 Å². The molecule has 1 aliphatic rings. The van der Waals surface area contributed by atoms with E-state index in [-0.39, 0.29) is 13.2 Å². The molecule has 156 valence electrons. The molecule has 3 rings (SSSR count). The second kappa shape index (κ2) is 8.49. The van der Waals surface area contributed by atoms with E-state index in [0.29, 0.717) is 16.9 Å². The van der Waals surface area contributed by atoms with Crippen LogP contribution >= 0.6 is 0 Å². The van der Waals surface area contributed by atoms with Gasteiger partial charge in [0.05, 0.1) is 18.6 Å². The molecule has 1 saturated heterocycles. The normalized spacial score (nSPS) is 23.7. The quantitative estimate of drug-likeness (QED) is 0.493. The van der Waals surface area contributed by atoms with E-state index in [0.717, 1.165) is 0 Å². The summed E-state index contributed by atoms with van der Waals surface area (Å²) in [4.78, 5) is 46.8. The van der Waals surface area contributed by atoms with Gasteiger partial charge in [0, 0.05) is 20.8 Å². The van der Waals surface area contributed by atoms with E-state index in [4.69, 9.17) is 18.9 Å². The summed E-state index contributed by atoms with van der Waals surface area (Å²) >= 11 is 0. The van der Waals surface area contributed by atoms with Crippen molar-refractivity contribution in [3.05, 3.63) is 18.3 Å². The van der Waals surface area contributed by atoms with E-state index >= 15 is 0 Å². The van der Waals surface area contributed by atoms with E-state index in [2.05, 4.69) is 15.0 Å². The summed E-state index contributed by atoms with van der Waals surface area (Å²) in [6.07, 6.45) is -1.32. The van der Waals surface area contributed by atoms with Gasteiger partial charge < -0.3 is 24.1 Å². The Morgan fingerprint density at radius 3 is 2.38 bits per heavy atom. The molecule has 12 heteroatoms. The molecule has 3 heterocycles. The molecular weight excluding hydrogens is 388 g/mol. The molecule has 29 heavy (non-hydrogen) atoms. The fourth-order valence-electron chi connectivity index (χ4n) is 3.12. The summed E-state index contributed by atoms with van der Waals surface area (Å²) in [5, 5.41) is 9.44. The first-order chi connectivity index (χ1) is 13.8. The highest BCUT2D eigenvalue weighted by molar-refractivity contribution is 5.73. The number of ether oxygens (including phenoxy) is 4. The van der Waals surface area contributed by atoms with Crippen molar-refractivity contribution in [3.63, 3.8) is 0 Å². The van der Waals surface area contributed by atoms with Gasteiger partial charge in [0.1, 0.15) is 24.6 Å². The Hall–Kier alpha value is -3.12. The van der Waals surface area contributed by atoms with Gasteiger partial charge in [-0.15, -0.1) is 0 Å². The van der Waals surface area contributed by atoms with Crippen molar-refractivity contribution in [2.45, 2.75) is 51.9 Å². The van der Waals surface area contributed by atoms with Crippen LogP contribution in [0.1, 0.15) is 32.7 Å². The van der Waals surface area contributed by atoms with Gasteiger partial charge in [0.2, 0.25) is 0 Å². The van der Waals surface area contributed by atoms with Crippen molar-refractivity contribution < 1.29 is 38.4 Å². The third-order valence-electron chi connectivity index (χ3n) is 4.20. The SMILES string of the molecule is CC(=O)OC[C@H]1O[C@@H](n2cnc3c(CO)ncnc32)C(OC(C)=O)C1OC(C)=O. The average Bonchev–Trinajstić information content (AvgIpc) is 3.21. The van der Waals surface area contributed by atoms with Crippen molar-refractivity contribution >= 4 is 29.1 Å². The molecule has 0 spiro atoms. The maximum absolute atomic E-state index is 11.7. The van der Waals surface area contributed by atoms with Crippen LogP contribution in [0.25, 0.3) is 11.2 Å². The molecule has 2 aromatic heterocycles. The Bertz CT molecular complexity index is 929. The lowest BCUT2D eigenvalue weighted by Crippen LogP contribution is -2.40. The van der Waals surface area contributed by atoms with Crippen LogP contribution in [-0.2, 0) is 39.9 Å². The number of rotatable bonds is 6. The number of aliphatic hydroxyl groups excluding tert-OH is 1. The lowest BCUT2D eigenvalue weighted by Gasteiger charge is -2.23. The second-order valence-corrected chi connectivity index (χ2v) is 6.32. The Balaban J connectivity index is 2.02. The molecule has 12 nitrogen and oxygen atoms in total. The number of fused-ring (bicyclic) bond motifs is 1. The van der Waals surface area contributed by atoms with Crippen molar-refractivity contribution in [3.8, 4) is 0 Å². The van der Waals surface area contributed by atoms with E-state index in [9.17, 15) is 19.5 Å². The molecule has 1 N–H and O–H groups in total. The molecule has 0 aromatic carbocycles. The standard InChI is InChI=1S/C17H20N4O8/c1-8(23)26-5-12-14(27-9(2)24)15(28-10(3)25)17(29-12)21-7-20-13-11(4-22)18-6-19-16(13)21/h6-7,12,14-15,17,22H,4-5H2,1-3H3/t12-,14?,15?,17-/m1/s1. The number of hydrogen-bond donors (Lipinski definition) is 1. The number of carbonyl (C=O) groups is 3. The number of esters is 3. The Morgan fingerprint density at radius 2 is 1.76 bits per heavy atom. The average molecular weight is 408 g/mol. The fraction of sp³-hybridized carbons (Fsp3) is 0.529. The van der Waals surface area contributed by atoms with Gasteiger partial charge >= 0.3 is 17.9 Å². The summed E-state index contributed by atoms with van der Waals surface area (Å²) in [6.45, 7) is 3.08. The van der Waals surface area contributed by atoms with Crippen LogP contribution in [0.4, 0.5) is 0 Å². The summed E-state index contributed by atoms with van der Waals surface area (Å²) in [7, 11) is 0. The van der Waals surface area contributed by atoms with Gasteiger partial charge in [-0.1, -0.05) is 0 Å². The van der Waals surface area contributed by atoms with Crippen LogP contribution in [0.3, 0.4) is 0 Å². The van der Waals surface area contributed by atoms with Crippen molar-refractivity contribution in [2.24, 2.45) is 0 Å². The smallest absolute Gasteiger partial charge is 0.303 e. The summed E-state index contributed by atoms with van der Waals surface area (Å²) in [5.74, 6) is -1.79. The minimum atomic E-state index is -1.05. The summed E-state index contributed by atoms with van der Waals surface area (Å²) < 4.78 is 23.1. The zero-order valence-corrected chi connectivity index (χ0v) is 16.0. The highest BCUT2D eigenvalue weighted by Crippen LogP contribution is 2.36. The van der Waals surface area contributed by atoms with Crippen LogP contribution in [0, 0.1) is 0 Å². The first-order valence-corrected chi connectivity index (χ1v) is 8.72. The van der Waals surface area contributed by atoms with Crippen LogP contribution in [-0.4, -0.2) is 67.5 Å². The van der Waals surface area contributed by atoms with Gasteiger partial charge in [0.15, 0.2) is 24.1 Å². The zero-order valence-electron chi connectivity index (χ0n) is 16.0. The minimum Gasteiger partial charge on any atom is -0.463 e. The van der Waals surface area contributed by atoms with Crippen molar-refractivity contribution in [1.29, 1.82) is 0 Å². The molecule has 0 bridgehead atoms. The molecule has 0 aliphatic carbocycles. The Kier molecular flexibility index (Phi) is 6.03.